The topological polar surface area (TPSA) is 32.3 Å². The number of carbonyl (C=O) groups excluding carboxylic acids is 1. The van der Waals surface area contributed by atoms with Crippen LogP contribution in [-0.2, 0) is 11.3 Å². The maximum Gasteiger partial charge on any atom is 0.391 e. The maximum absolute atomic E-state index is 13.0. The highest BCUT2D eigenvalue weighted by Gasteiger charge is 2.43. The van der Waals surface area contributed by atoms with Gasteiger partial charge in [0.1, 0.15) is 0 Å². The standard InChI is InChI=1S/C21H29F3N2O/c22-21(23,24)18-10-6-9-17(13-18)20(27)25-14-19-11-4-5-12-26(19)15-16-7-2-1-3-8-16/h1-3,7-8,17-19H,4-6,9-15H2,(H,25,27). The van der Waals surface area contributed by atoms with E-state index in [9.17, 15) is 18.0 Å². The van der Waals surface area contributed by atoms with E-state index in [1.165, 1.54) is 5.56 Å². The van der Waals surface area contributed by atoms with E-state index in [-0.39, 0.29) is 24.8 Å². The summed E-state index contributed by atoms with van der Waals surface area (Å²) in [4.78, 5) is 14.9. The number of piperidine rings is 1. The van der Waals surface area contributed by atoms with Crippen LogP contribution in [0.3, 0.4) is 0 Å². The van der Waals surface area contributed by atoms with Gasteiger partial charge >= 0.3 is 6.18 Å². The van der Waals surface area contributed by atoms with Crippen molar-refractivity contribution in [3.63, 3.8) is 0 Å². The summed E-state index contributed by atoms with van der Waals surface area (Å²) in [6.07, 6.45) is 0.244. The lowest BCUT2D eigenvalue weighted by Gasteiger charge is -2.36. The molecule has 2 fully saturated rings. The lowest BCUT2D eigenvalue weighted by atomic mass is 9.80. The molecule has 0 bridgehead atoms. The molecule has 2 aliphatic rings. The molecule has 1 aromatic carbocycles. The second-order valence-electron chi connectivity index (χ2n) is 7.95. The molecule has 150 valence electrons. The first-order chi connectivity index (χ1) is 12.9. The van der Waals surface area contributed by atoms with Crippen LogP contribution in [0, 0.1) is 11.8 Å². The Morgan fingerprint density at radius 2 is 1.85 bits per heavy atom. The van der Waals surface area contributed by atoms with Crippen LogP contribution in [0.25, 0.3) is 0 Å². The van der Waals surface area contributed by atoms with Gasteiger partial charge < -0.3 is 5.32 Å². The molecule has 0 spiro atoms. The Balaban J connectivity index is 1.52. The summed E-state index contributed by atoms with van der Waals surface area (Å²) in [5, 5.41) is 2.96. The van der Waals surface area contributed by atoms with E-state index in [0.717, 1.165) is 32.4 Å². The molecule has 1 saturated heterocycles. The highest BCUT2D eigenvalue weighted by atomic mass is 19.4. The van der Waals surface area contributed by atoms with Gasteiger partial charge in [-0.15, -0.1) is 0 Å². The second kappa shape index (κ2) is 9.09. The summed E-state index contributed by atoms with van der Waals surface area (Å²) in [5.74, 6) is -2.03. The van der Waals surface area contributed by atoms with E-state index < -0.39 is 18.0 Å². The number of halogens is 3. The fraction of sp³-hybridized carbons (Fsp3) is 0.667. The third-order valence-electron chi connectivity index (χ3n) is 6.00. The van der Waals surface area contributed by atoms with Crippen molar-refractivity contribution in [3.8, 4) is 0 Å². The average molecular weight is 382 g/mol. The Hall–Kier alpha value is -1.56. The molecular formula is C21H29F3N2O. The number of amides is 1. The summed E-state index contributed by atoms with van der Waals surface area (Å²) < 4.78 is 38.9. The van der Waals surface area contributed by atoms with Gasteiger partial charge in [0, 0.05) is 25.0 Å². The van der Waals surface area contributed by atoms with Crippen molar-refractivity contribution in [3.05, 3.63) is 35.9 Å². The van der Waals surface area contributed by atoms with Gasteiger partial charge in [-0.05, 0) is 44.2 Å². The van der Waals surface area contributed by atoms with Gasteiger partial charge in [-0.3, -0.25) is 9.69 Å². The molecule has 0 radical (unpaired) electrons. The number of carbonyl (C=O) groups is 1. The number of likely N-dealkylation sites (tertiary alicyclic amines) is 1. The third kappa shape index (κ3) is 5.71. The number of nitrogens with one attached hydrogen (secondary N) is 1. The Labute approximate surface area is 159 Å². The molecule has 1 aliphatic carbocycles. The van der Waals surface area contributed by atoms with Gasteiger partial charge in [0.2, 0.25) is 5.91 Å². The molecule has 1 aliphatic heterocycles. The first kappa shape index (κ1) is 20.2. The molecule has 1 amide bonds. The van der Waals surface area contributed by atoms with Crippen LogP contribution >= 0.6 is 0 Å². The zero-order valence-electron chi connectivity index (χ0n) is 15.7. The first-order valence-electron chi connectivity index (χ1n) is 10.1. The lowest BCUT2D eigenvalue weighted by Crippen LogP contribution is -2.47. The van der Waals surface area contributed by atoms with E-state index in [4.69, 9.17) is 0 Å². The minimum absolute atomic E-state index is 0.0618. The molecule has 1 saturated carbocycles. The fourth-order valence-electron chi connectivity index (χ4n) is 4.41. The largest absolute Gasteiger partial charge is 0.391 e. The number of hydrogen-bond acceptors (Lipinski definition) is 2. The Bertz CT molecular complexity index is 605. The van der Waals surface area contributed by atoms with Crippen LogP contribution in [0.15, 0.2) is 30.3 Å². The monoisotopic (exact) mass is 382 g/mol. The summed E-state index contributed by atoms with van der Waals surface area (Å²) >= 11 is 0. The number of benzene rings is 1. The Kier molecular flexibility index (Phi) is 6.79. The number of alkyl halides is 3. The third-order valence-corrected chi connectivity index (χ3v) is 6.00. The van der Waals surface area contributed by atoms with Crippen LogP contribution in [0.2, 0.25) is 0 Å². The van der Waals surface area contributed by atoms with Gasteiger partial charge in [-0.2, -0.15) is 13.2 Å². The predicted molar refractivity (Wildman–Crippen MR) is 99.0 cm³/mol. The number of hydrogen-bond donors (Lipinski definition) is 1. The predicted octanol–water partition coefficient (Wildman–Crippen LogP) is 4.53. The van der Waals surface area contributed by atoms with E-state index in [1.54, 1.807) is 0 Å². The molecule has 3 nitrogen and oxygen atoms in total. The van der Waals surface area contributed by atoms with Crippen LogP contribution in [0.1, 0.15) is 50.5 Å². The van der Waals surface area contributed by atoms with Crippen molar-refractivity contribution in [2.75, 3.05) is 13.1 Å². The summed E-state index contributed by atoms with van der Waals surface area (Å²) in [7, 11) is 0. The van der Waals surface area contributed by atoms with Gasteiger partial charge in [0.05, 0.1) is 5.92 Å². The van der Waals surface area contributed by atoms with Crippen molar-refractivity contribution in [1.82, 2.24) is 10.2 Å². The molecule has 3 rings (SSSR count). The lowest BCUT2D eigenvalue weighted by molar-refractivity contribution is -0.186. The van der Waals surface area contributed by atoms with E-state index in [2.05, 4.69) is 22.3 Å². The minimum Gasteiger partial charge on any atom is -0.354 e. The number of nitrogens with zero attached hydrogens (tertiary/aromatic N) is 1. The average Bonchev–Trinajstić information content (AvgIpc) is 2.67. The van der Waals surface area contributed by atoms with Crippen LogP contribution in [0.4, 0.5) is 13.2 Å². The van der Waals surface area contributed by atoms with Crippen molar-refractivity contribution in [2.24, 2.45) is 11.8 Å². The molecule has 3 atom stereocenters. The first-order valence-corrected chi connectivity index (χ1v) is 10.1. The zero-order valence-corrected chi connectivity index (χ0v) is 15.7. The molecule has 27 heavy (non-hydrogen) atoms. The SMILES string of the molecule is O=C(NCC1CCCCN1Cc1ccccc1)C1CCCC(C(F)(F)F)C1. The molecule has 1 aromatic rings. The van der Waals surface area contributed by atoms with Gasteiger partial charge in [0.25, 0.3) is 0 Å². The summed E-state index contributed by atoms with van der Waals surface area (Å²) in [6.45, 7) is 2.37. The van der Waals surface area contributed by atoms with Crippen molar-refractivity contribution < 1.29 is 18.0 Å². The van der Waals surface area contributed by atoms with E-state index >= 15 is 0 Å². The Morgan fingerprint density at radius 1 is 1.07 bits per heavy atom. The smallest absolute Gasteiger partial charge is 0.354 e. The quantitative estimate of drug-likeness (QED) is 0.812. The van der Waals surface area contributed by atoms with Crippen molar-refractivity contribution in [2.45, 2.75) is 63.7 Å². The van der Waals surface area contributed by atoms with E-state index in [0.29, 0.717) is 19.4 Å². The van der Waals surface area contributed by atoms with Crippen molar-refractivity contribution >= 4 is 5.91 Å². The maximum atomic E-state index is 13.0. The molecule has 1 heterocycles. The highest BCUT2D eigenvalue weighted by Crippen LogP contribution is 2.39. The van der Waals surface area contributed by atoms with Gasteiger partial charge in [-0.1, -0.05) is 43.2 Å². The second-order valence-corrected chi connectivity index (χ2v) is 7.95. The van der Waals surface area contributed by atoms with Gasteiger partial charge in [-0.25, -0.2) is 0 Å². The molecule has 0 aromatic heterocycles. The summed E-state index contributed by atoms with van der Waals surface area (Å²) in [6, 6.07) is 10.5. The van der Waals surface area contributed by atoms with Crippen molar-refractivity contribution in [1.29, 1.82) is 0 Å². The molecule has 6 heteroatoms. The normalized spacial score (nSPS) is 27.3. The fourth-order valence-corrected chi connectivity index (χ4v) is 4.41. The van der Waals surface area contributed by atoms with Crippen LogP contribution < -0.4 is 5.32 Å². The zero-order chi connectivity index (χ0) is 19.3. The number of rotatable bonds is 5. The highest BCUT2D eigenvalue weighted by molar-refractivity contribution is 5.78. The van der Waals surface area contributed by atoms with Gasteiger partial charge in [0.15, 0.2) is 0 Å². The van der Waals surface area contributed by atoms with E-state index in [1.807, 2.05) is 18.2 Å². The molecular weight excluding hydrogens is 353 g/mol. The minimum atomic E-state index is -4.19. The Morgan fingerprint density at radius 3 is 2.59 bits per heavy atom. The van der Waals surface area contributed by atoms with Crippen LogP contribution in [0.5, 0.6) is 0 Å². The molecule has 3 unspecified atom stereocenters. The summed E-state index contributed by atoms with van der Waals surface area (Å²) in [5.41, 5.74) is 1.25. The van der Waals surface area contributed by atoms with Crippen LogP contribution in [-0.4, -0.2) is 36.1 Å². The molecule has 1 N–H and O–H groups in total.